The maximum Gasteiger partial charge on any atom is 0.178 e. The molecule has 0 amide bonds. The molecule has 0 aliphatic heterocycles. The van der Waals surface area contributed by atoms with E-state index in [1.54, 1.807) is 11.1 Å². The van der Waals surface area contributed by atoms with E-state index in [9.17, 15) is 0 Å². The Morgan fingerprint density at radius 3 is 2.11 bits per heavy atom. The molecule has 0 heterocycles. The topological polar surface area (TPSA) is 18.5 Å². The van der Waals surface area contributed by atoms with E-state index in [4.69, 9.17) is 9.47 Å². The summed E-state index contributed by atoms with van der Waals surface area (Å²) in [6, 6.07) is 0. The Hall–Kier alpha value is -0.340. The van der Waals surface area contributed by atoms with Gasteiger partial charge in [-0.1, -0.05) is 17.6 Å². The van der Waals surface area contributed by atoms with Crippen LogP contribution >= 0.6 is 0 Å². The molecule has 102 valence electrons. The first-order valence-corrected chi connectivity index (χ1v) is 7.77. The minimum Gasteiger partial charge on any atom is -0.349 e. The molecule has 0 aromatic heterocycles. The van der Waals surface area contributed by atoms with Gasteiger partial charge in [0, 0.05) is 19.6 Å². The Morgan fingerprint density at radius 2 is 1.61 bits per heavy atom. The summed E-state index contributed by atoms with van der Waals surface area (Å²) in [5.41, 5.74) is 3.78. The molecule has 3 aliphatic rings. The molecule has 3 rings (SSSR count). The summed E-state index contributed by atoms with van der Waals surface area (Å²) in [7, 11) is 0. The van der Waals surface area contributed by atoms with Crippen LogP contribution in [0.4, 0.5) is 0 Å². The average Bonchev–Trinajstić information content (AvgIpc) is 3.02. The predicted molar refractivity (Wildman–Crippen MR) is 72.4 cm³/mol. The molecule has 18 heavy (non-hydrogen) atoms. The second-order valence-electron chi connectivity index (χ2n) is 6.02. The van der Waals surface area contributed by atoms with Crippen molar-refractivity contribution in [1.29, 1.82) is 0 Å². The van der Waals surface area contributed by atoms with E-state index >= 15 is 0 Å². The van der Waals surface area contributed by atoms with E-state index in [1.165, 1.54) is 44.9 Å². The third kappa shape index (κ3) is 1.69. The molecule has 3 saturated carbocycles. The number of allylic oxidation sites excluding steroid dienone is 1. The molecule has 2 nitrogen and oxygen atoms in total. The molecule has 0 aromatic carbocycles. The van der Waals surface area contributed by atoms with Crippen molar-refractivity contribution in [3.05, 3.63) is 11.1 Å². The van der Waals surface area contributed by atoms with Gasteiger partial charge in [0.1, 0.15) is 0 Å². The average molecular weight is 250 g/mol. The van der Waals surface area contributed by atoms with E-state index < -0.39 is 0 Å². The van der Waals surface area contributed by atoms with Gasteiger partial charge in [0.05, 0.1) is 5.41 Å². The zero-order valence-electron chi connectivity index (χ0n) is 11.9. The highest BCUT2D eigenvalue weighted by molar-refractivity contribution is 5.41. The van der Waals surface area contributed by atoms with Crippen LogP contribution in [0.2, 0.25) is 0 Å². The van der Waals surface area contributed by atoms with Gasteiger partial charge in [-0.3, -0.25) is 0 Å². The van der Waals surface area contributed by atoms with Crippen LogP contribution in [-0.2, 0) is 9.47 Å². The first kappa shape index (κ1) is 12.7. The zero-order valence-corrected chi connectivity index (χ0v) is 11.9. The maximum absolute atomic E-state index is 6.00. The molecule has 0 radical (unpaired) electrons. The molecule has 0 saturated heterocycles. The van der Waals surface area contributed by atoms with Gasteiger partial charge in [-0.05, 0) is 52.4 Å². The molecular weight excluding hydrogens is 224 g/mol. The highest BCUT2D eigenvalue weighted by atomic mass is 16.7. The van der Waals surface area contributed by atoms with Gasteiger partial charge in [0.15, 0.2) is 5.79 Å². The lowest BCUT2D eigenvalue weighted by Gasteiger charge is -2.38. The van der Waals surface area contributed by atoms with E-state index in [-0.39, 0.29) is 5.79 Å². The number of rotatable bonds is 4. The smallest absolute Gasteiger partial charge is 0.178 e. The van der Waals surface area contributed by atoms with Gasteiger partial charge >= 0.3 is 0 Å². The third-order valence-corrected chi connectivity index (χ3v) is 5.16. The first-order valence-electron chi connectivity index (χ1n) is 7.77. The van der Waals surface area contributed by atoms with Crippen molar-refractivity contribution in [2.75, 3.05) is 13.2 Å². The second kappa shape index (κ2) is 4.64. The summed E-state index contributed by atoms with van der Waals surface area (Å²) in [6.07, 6.45) is 10.6. The molecule has 0 bridgehead atoms. The summed E-state index contributed by atoms with van der Waals surface area (Å²) in [4.78, 5) is 0. The maximum atomic E-state index is 6.00. The summed E-state index contributed by atoms with van der Waals surface area (Å²) in [5.74, 6) is -0.242. The number of hydrogen-bond acceptors (Lipinski definition) is 2. The van der Waals surface area contributed by atoms with Crippen LogP contribution < -0.4 is 0 Å². The highest BCUT2D eigenvalue weighted by Crippen LogP contribution is 2.74. The lowest BCUT2D eigenvalue weighted by atomic mass is 9.70. The monoisotopic (exact) mass is 250 g/mol. The molecule has 1 atom stereocenters. The summed E-state index contributed by atoms with van der Waals surface area (Å²) in [6.45, 7) is 5.70. The summed E-state index contributed by atoms with van der Waals surface area (Å²) >= 11 is 0. The van der Waals surface area contributed by atoms with Crippen molar-refractivity contribution in [3.8, 4) is 0 Å². The molecule has 3 fully saturated rings. The fourth-order valence-corrected chi connectivity index (χ4v) is 4.20. The van der Waals surface area contributed by atoms with Crippen LogP contribution in [0.25, 0.3) is 0 Å². The molecule has 0 aromatic rings. The molecule has 0 N–H and O–H groups in total. The van der Waals surface area contributed by atoms with Gasteiger partial charge in [-0.25, -0.2) is 0 Å². The van der Waals surface area contributed by atoms with Crippen LogP contribution in [-0.4, -0.2) is 19.0 Å². The van der Waals surface area contributed by atoms with Crippen LogP contribution in [0.1, 0.15) is 65.2 Å². The van der Waals surface area contributed by atoms with Crippen LogP contribution in [0.3, 0.4) is 0 Å². The standard InChI is InChI=1S/C16H26O2/c1-3-17-16(18-4-2)12-15(16)11-10-14(15)13-8-6-5-7-9-13/h3-12H2,1-2H3. The van der Waals surface area contributed by atoms with Crippen molar-refractivity contribution in [3.63, 3.8) is 0 Å². The van der Waals surface area contributed by atoms with Gasteiger partial charge in [-0.2, -0.15) is 0 Å². The lowest BCUT2D eigenvalue weighted by molar-refractivity contribution is -0.187. The van der Waals surface area contributed by atoms with E-state index in [2.05, 4.69) is 13.8 Å². The first-order chi connectivity index (χ1) is 8.78. The normalized spacial score (nSPS) is 33.7. The van der Waals surface area contributed by atoms with Crippen molar-refractivity contribution in [2.24, 2.45) is 5.41 Å². The Labute approximate surface area is 111 Å². The Morgan fingerprint density at radius 1 is 0.944 bits per heavy atom. The largest absolute Gasteiger partial charge is 0.349 e. The predicted octanol–water partition coefficient (Wildman–Crippen LogP) is 4.20. The summed E-state index contributed by atoms with van der Waals surface area (Å²) < 4.78 is 12.0. The van der Waals surface area contributed by atoms with Crippen molar-refractivity contribution >= 4 is 0 Å². The van der Waals surface area contributed by atoms with Crippen molar-refractivity contribution in [2.45, 2.75) is 71.0 Å². The quantitative estimate of drug-likeness (QED) is 0.550. The minimum absolute atomic E-state index is 0.242. The highest BCUT2D eigenvalue weighted by Gasteiger charge is 2.75. The van der Waals surface area contributed by atoms with Crippen molar-refractivity contribution in [1.82, 2.24) is 0 Å². The summed E-state index contributed by atoms with van der Waals surface area (Å²) in [5, 5.41) is 0. The Kier molecular flexibility index (Phi) is 3.27. The Balaban J connectivity index is 1.80. The minimum atomic E-state index is -0.242. The van der Waals surface area contributed by atoms with Crippen molar-refractivity contribution < 1.29 is 9.47 Å². The number of hydrogen-bond donors (Lipinski definition) is 0. The molecule has 1 unspecified atom stereocenters. The fourth-order valence-electron chi connectivity index (χ4n) is 4.20. The van der Waals surface area contributed by atoms with Gasteiger partial charge in [-0.15, -0.1) is 0 Å². The van der Waals surface area contributed by atoms with E-state index in [0.717, 1.165) is 19.6 Å². The van der Waals surface area contributed by atoms with E-state index in [1.807, 2.05) is 0 Å². The van der Waals surface area contributed by atoms with E-state index in [0.29, 0.717) is 5.41 Å². The Bertz CT molecular complexity index is 344. The lowest BCUT2D eigenvalue weighted by Crippen LogP contribution is -2.35. The molecule has 2 heteroatoms. The van der Waals surface area contributed by atoms with Crippen LogP contribution in [0.5, 0.6) is 0 Å². The van der Waals surface area contributed by atoms with Gasteiger partial charge in [0.2, 0.25) is 0 Å². The van der Waals surface area contributed by atoms with Crippen LogP contribution in [0, 0.1) is 5.41 Å². The third-order valence-electron chi connectivity index (χ3n) is 5.16. The molecule has 1 spiro atoms. The van der Waals surface area contributed by atoms with Crippen LogP contribution in [0.15, 0.2) is 11.1 Å². The number of ether oxygens (including phenoxy) is 2. The molecule has 3 aliphatic carbocycles. The zero-order chi connectivity index (χ0) is 12.6. The van der Waals surface area contributed by atoms with Gasteiger partial charge in [0.25, 0.3) is 0 Å². The fraction of sp³-hybridized carbons (Fsp3) is 0.875. The van der Waals surface area contributed by atoms with Gasteiger partial charge < -0.3 is 9.47 Å². The second-order valence-corrected chi connectivity index (χ2v) is 6.02. The molecular formula is C16H26O2. The SMILES string of the molecule is CCOC1(OCC)CC12CCC2=C1CCCCC1.